The zero-order chi connectivity index (χ0) is 57.5. The summed E-state index contributed by atoms with van der Waals surface area (Å²) in [5, 5.41) is 31.5. The number of ether oxygens (including phenoxy) is 5. The number of carboxylic acids is 1. The Kier molecular flexibility index (Phi) is 48.3. The van der Waals surface area contributed by atoms with Gasteiger partial charge < -0.3 is 39.0 Å². The zero-order valence-corrected chi connectivity index (χ0v) is 48.5. The van der Waals surface area contributed by atoms with E-state index in [1.54, 1.807) is 0 Å². The van der Waals surface area contributed by atoms with E-state index in [1.807, 2.05) is 24.3 Å². The number of hydrogen-bond acceptors (Lipinski definition) is 11. The number of allylic oxidation sites excluding steroid dienone is 24. The lowest BCUT2D eigenvalue weighted by atomic mass is 9.98. The number of esters is 3. The molecule has 6 atom stereocenters. The molecule has 0 radical (unpaired) electrons. The van der Waals surface area contributed by atoms with E-state index in [1.165, 1.54) is 19.3 Å². The van der Waals surface area contributed by atoms with Crippen LogP contribution in [0, 0.1) is 0 Å². The molecule has 79 heavy (non-hydrogen) atoms. The number of aliphatic hydroxyl groups excluding tert-OH is 2. The molecule has 12 nitrogen and oxygen atoms in total. The molecule has 0 aromatic rings. The number of carbonyl (C=O) groups excluding carboxylic acids is 3. The van der Waals surface area contributed by atoms with Gasteiger partial charge in [0.25, 0.3) is 0 Å². The first-order valence-electron chi connectivity index (χ1n) is 29.8. The molecule has 0 amide bonds. The van der Waals surface area contributed by atoms with Crippen LogP contribution in [-0.2, 0) is 42.9 Å². The van der Waals surface area contributed by atoms with Crippen molar-refractivity contribution >= 4 is 23.9 Å². The lowest BCUT2D eigenvalue weighted by Crippen LogP contribution is -2.61. The van der Waals surface area contributed by atoms with Crippen LogP contribution in [-0.4, -0.2) is 89.2 Å². The molecule has 0 saturated carbocycles. The zero-order valence-electron chi connectivity index (χ0n) is 48.5. The van der Waals surface area contributed by atoms with E-state index in [0.29, 0.717) is 32.1 Å². The number of rotatable bonds is 48. The maximum atomic E-state index is 13.1. The van der Waals surface area contributed by atoms with Gasteiger partial charge in [0.2, 0.25) is 0 Å². The first kappa shape index (κ1) is 71.6. The predicted molar refractivity (Wildman–Crippen MR) is 321 cm³/mol. The minimum atomic E-state index is -1.93. The third-order valence-corrected chi connectivity index (χ3v) is 12.4. The molecule has 0 aromatic heterocycles. The molecular weight excluding hydrogens is 997 g/mol. The van der Waals surface area contributed by atoms with Gasteiger partial charge in [0.1, 0.15) is 18.8 Å². The highest BCUT2D eigenvalue weighted by atomic mass is 16.7. The van der Waals surface area contributed by atoms with Gasteiger partial charge in [0.05, 0.1) is 6.61 Å². The third-order valence-electron chi connectivity index (χ3n) is 12.4. The Hall–Kier alpha value is -5.40. The average molecular weight is 1100 g/mol. The fraction of sp³-hybridized carbons (Fsp3) is 0.582. The molecule has 3 N–H and O–H groups in total. The molecule has 1 aliphatic rings. The fourth-order valence-electron chi connectivity index (χ4n) is 7.88. The Balaban J connectivity index is 2.79. The second-order valence-corrected chi connectivity index (χ2v) is 19.5. The molecule has 6 unspecified atom stereocenters. The molecule has 1 aliphatic heterocycles. The molecule has 442 valence electrons. The van der Waals surface area contributed by atoms with E-state index in [2.05, 4.69) is 142 Å². The minimum Gasteiger partial charge on any atom is -0.479 e. The van der Waals surface area contributed by atoms with Gasteiger partial charge in [-0.15, -0.1) is 0 Å². The normalized spacial score (nSPS) is 18.9. The van der Waals surface area contributed by atoms with Crippen molar-refractivity contribution in [3.05, 3.63) is 146 Å². The van der Waals surface area contributed by atoms with E-state index in [0.717, 1.165) is 109 Å². The minimum absolute atomic E-state index is 0.0236. The molecule has 12 heteroatoms. The highest BCUT2D eigenvalue weighted by molar-refractivity contribution is 5.74. The summed E-state index contributed by atoms with van der Waals surface area (Å²) in [7, 11) is 0. The number of carboxylic acid groups (broad SMARTS) is 1. The Labute approximate surface area is 476 Å². The molecule has 0 aliphatic carbocycles. The molecule has 1 fully saturated rings. The standard InChI is InChI=1S/C67H102O12/c1-4-7-10-13-16-19-22-25-28-30-33-35-38-41-44-47-50-53-59(68)75-56-58(77-60(69)54-51-48-45-42-39-37-34-31-29-26-23-20-17-14-11-8-5-2)57-76-67-65(63(72)62(71)64(79-67)66(73)74)78-61(70)55-52-49-46-43-40-36-32-27-24-21-18-15-12-9-6-3/h7-8,10-11,16-21,25-29,32-35,37,41-42,44-45,58,62-65,67,71-72H,4-6,9,12-15,22-24,30-31,36,38-40,43,46-57H2,1-3H3,(H,73,74)/b10-7-,11-8-,19-16-,20-17-,21-18-,28-25-,29-26-,32-27-,35-33-,37-34-,44-41-,45-42-. The van der Waals surface area contributed by atoms with E-state index in [4.69, 9.17) is 23.7 Å². The summed E-state index contributed by atoms with van der Waals surface area (Å²) in [6.45, 7) is 5.62. The summed E-state index contributed by atoms with van der Waals surface area (Å²) in [6.07, 6.45) is 63.9. The van der Waals surface area contributed by atoms with Gasteiger partial charge in [-0.25, -0.2) is 4.79 Å². The van der Waals surface area contributed by atoms with Crippen molar-refractivity contribution < 1.29 is 58.2 Å². The highest BCUT2D eigenvalue weighted by Crippen LogP contribution is 2.26. The van der Waals surface area contributed by atoms with Gasteiger partial charge >= 0.3 is 23.9 Å². The van der Waals surface area contributed by atoms with Gasteiger partial charge in [-0.1, -0.05) is 199 Å². The van der Waals surface area contributed by atoms with Crippen LogP contribution in [0.3, 0.4) is 0 Å². The Bertz CT molecular complexity index is 1930. The summed E-state index contributed by atoms with van der Waals surface area (Å²) in [6, 6.07) is 0. The summed E-state index contributed by atoms with van der Waals surface area (Å²) >= 11 is 0. The molecule has 0 bridgehead atoms. The third kappa shape index (κ3) is 43.1. The summed E-state index contributed by atoms with van der Waals surface area (Å²) in [5.41, 5.74) is 0. The highest BCUT2D eigenvalue weighted by Gasteiger charge is 2.50. The molecule has 0 aromatic carbocycles. The second-order valence-electron chi connectivity index (χ2n) is 19.5. The monoisotopic (exact) mass is 1100 g/mol. The number of aliphatic hydroxyl groups is 2. The van der Waals surface area contributed by atoms with E-state index in [9.17, 15) is 34.5 Å². The van der Waals surface area contributed by atoms with Crippen LogP contribution >= 0.6 is 0 Å². The summed E-state index contributed by atoms with van der Waals surface area (Å²) < 4.78 is 28.3. The van der Waals surface area contributed by atoms with Crippen molar-refractivity contribution in [2.75, 3.05) is 13.2 Å². The van der Waals surface area contributed by atoms with Crippen molar-refractivity contribution in [2.24, 2.45) is 0 Å². The molecule has 1 heterocycles. The number of carbonyl (C=O) groups is 4. The van der Waals surface area contributed by atoms with Gasteiger partial charge in [0, 0.05) is 19.3 Å². The van der Waals surface area contributed by atoms with Crippen molar-refractivity contribution in [1.82, 2.24) is 0 Å². The van der Waals surface area contributed by atoms with E-state index >= 15 is 0 Å². The lowest BCUT2D eigenvalue weighted by molar-refractivity contribution is -0.301. The van der Waals surface area contributed by atoms with Gasteiger partial charge in [-0.3, -0.25) is 14.4 Å². The topological polar surface area (TPSA) is 175 Å². The largest absolute Gasteiger partial charge is 0.479 e. The van der Waals surface area contributed by atoms with Crippen LogP contribution in [0.1, 0.15) is 201 Å². The number of unbranched alkanes of at least 4 members (excludes halogenated alkanes) is 10. The smallest absolute Gasteiger partial charge is 0.335 e. The van der Waals surface area contributed by atoms with Crippen LogP contribution in [0.4, 0.5) is 0 Å². The van der Waals surface area contributed by atoms with Crippen LogP contribution in [0.15, 0.2) is 146 Å². The Morgan fingerprint density at radius 3 is 1.25 bits per heavy atom. The first-order chi connectivity index (χ1) is 38.6. The maximum Gasteiger partial charge on any atom is 0.335 e. The Morgan fingerprint density at radius 2 is 0.810 bits per heavy atom. The summed E-state index contributed by atoms with van der Waals surface area (Å²) in [5.74, 6) is -3.32. The number of aliphatic carboxylic acids is 1. The fourth-order valence-corrected chi connectivity index (χ4v) is 7.88. The number of hydrogen-bond donors (Lipinski definition) is 3. The van der Waals surface area contributed by atoms with Gasteiger partial charge in [-0.05, 0) is 128 Å². The summed E-state index contributed by atoms with van der Waals surface area (Å²) in [4.78, 5) is 51.1. The van der Waals surface area contributed by atoms with Gasteiger partial charge in [0.15, 0.2) is 24.6 Å². The molecule has 0 spiro atoms. The SMILES string of the molecule is CC/C=C\C/C=C\C/C=C\C/C=C\C/C=C\CCCC(=O)OCC(COC1OC(C(=O)O)C(O)C(O)C1OC(=O)CCCCCCC/C=C\C/C=C\CCCCC)OC(=O)CCC/C=C\C/C=C\C/C=C\C/C=C\C/C=C\CC. The molecule has 1 rings (SSSR count). The van der Waals surface area contributed by atoms with Gasteiger partial charge in [-0.2, -0.15) is 0 Å². The van der Waals surface area contributed by atoms with E-state index in [-0.39, 0.29) is 25.9 Å². The maximum absolute atomic E-state index is 13.1. The van der Waals surface area contributed by atoms with E-state index < -0.39 is 67.3 Å². The second kappa shape index (κ2) is 53.3. The predicted octanol–water partition coefficient (Wildman–Crippen LogP) is 15.6. The van der Waals surface area contributed by atoms with Crippen molar-refractivity contribution in [1.29, 1.82) is 0 Å². The van der Waals surface area contributed by atoms with Crippen LogP contribution < -0.4 is 0 Å². The van der Waals surface area contributed by atoms with Crippen LogP contribution in [0.25, 0.3) is 0 Å². The van der Waals surface area contributed by atoms with Crippen LogP contribution in [0.5, 0.6) is 0 Å². The van der Waals surface area contributed by atoms with Crippen molar-refractivity contribution in [3.8, 4) is 0 Å². The molecular formula is C67H102O12. The Morgan fingerprint density at radius 1 is 0.430 bits per heavy atom. The first-order valence-corrected chi connectivity index (χ1v) is 29.8. The van der Waals surface area contributed by atoms with Crippen LogP contribution in [0.2, 0.25) is 0 Å². The van der Waals surface area contributed by atoms with Crippen molar-refractivity contribution in [2.45, 2.75) is 237 Å². The van der Waals surface area contributed by atoms with Crippen molar-refractivity contribution in [3.63, 3.8) is 0 Å². The lowest BCUT2D eigenvalue weighted by Gasteiger charge is -2.40. The average Bonchev–Trinajstić information content (AvgIpc) is 3.46. The molecule has 1 saturated heterocycles. The quantitative estimate of drug-likeness (QED) is 0.0228.